The molecule has 0 fully saturated rings. The summed E-state index contributed by atoms with van der Waals surface area (Å²) in [5.74, 6) is -0.705. The van der Waals surface area contributed by atoms with Gasteiger partial charge in [0.15, 0.2) is 13.2 Å². The second-order valence-electron chi connectivity index (χ2n) is 9.34. The lowest BCUT2D eigenvalue weighted by molar-refractivity contribution is 0.0635. The van der Waals surface area contributed by atoms with Crippen LogP contribution >= 0.6 is 18.7 Å². The molecule has 1 unspecified atom stereocenters. The Morgan fingerprint density at radius 1 is 0.972 bits per heavy atom. The van der Waals surface area contributed by atoms with Gasteiger partial charge in [-0.15, -0.1) is 11.3 Å². The molecule has 3 rings (SSSR count). The van der Waals surface area contributed by atoms with E-state index in [0.717, 1.165) is 10.4 Å². The molecule has 1 aromatic heterocycles. The number of amides is 2. The third-order valence-electron chi connectivity index (χ3n) is 4.93. The summed E-state index contributed by atoms with van der Waals surface area (Å²) >= 11 is 1.55. The number of thiophene rings is 1. The molecular weight excluding hydrogens is 499 g/mol. The lowest BCUT2D eigenvalue weighted by Gasteiger charge is -2.21. The molecule has 0 radical (unpaired) electrons. The Morgan fingerprint density at radius 2 is 1.64 bits per heavy atom. The number of ether oxygens (including phenoxy) is 1. The van der Waals surface area contributed by atoms with Crippen LogP contribution in [0.5, 0.6) is 0 Å². The fourth-order valence-electron chi connectivity index (χ4n) is 3.22. The average molecular weight is 529 g/mol. The molecule has 1 heterocycles. The topological polar surface area (TPSA) is 122 Å². The maximum Gasteiger partial charge on any atom is 0.412 e. The van der Waals surface area contributed by atoms with Gasteiger partial charge in [-0.1, -0.05) is 24.3 Å². The standard InChI is InChI=1S/C26H29N2O6PS/c1-26(2,3)34-25(31)28-20-12-11-19(23-6-5-15-36-23)16-21(20)27-24(30)18-9-7-17(8-10-18)22(29)13-14-35(4,32)33/h5-12,15-16H,13-14H2,1-4H3,(H,27,30)(H,28,31)(H,32,33). The highest BCUT2D eigenvalue weighted by molar-refractivity contribution is 7.57. The van der Waals surface area contributed by atoms with E-state index in [2.05, 4.69) is 10.6 Å². The van der Waals surface area contributed by atoms with Crippen molar-refractivity contribution in [1.29, 1.82) is 0 Å². The maximum atomic E-state index is 13.0. The predicted octanol–water partition coefficient (Wildman–Crippen LogP) is 6.49. The molecule has 0 aliphatic carbocycles. The number of Topliss-reactive ketones (excluding diaryl/α,β-unsaturated/α-hetero) is 1. The van der Waals surface area contributed by atoms with E-state index in [1.54, 1.807) is 44.2 Å². The van der Waals surface area contributed by atoms with Gasteiger partial charge in [-0.25, -0.2) is 4.79 Å². The van der Waals surface area contributed by atoms with Crippen LogP contribution in [-0.2, 0) is 9.30 Å². The van der Waals surface area contributed by atoms with E-state index in [9.17, 15) is 23.8 Å². The van der Waals surface area contributed by atoms with Crippen molar-refractivity contribution < 1.29 is 28.6 Å². The van der Waals surface area contributed by atoms with E-state index in [0.29, 0.717) is 22.5 Å². The minimum Gasteiger partial charge on any atom is -0.444 e. The summed E-state index contributed by atoms with van der Waals surface area (Å²) in [6.07, 6.45) is -0.795. The lowest BCUT2D eigenvalue weighted by atomic mass is 10.1. The number of hydrogen-bond donors (Lipinski definition) is 3. The van der Waals surface area contributed by atoms with E-state index >= 15 is 0 Å². The van der Waals surface area contributed by atoms with Gasteiger partial charge in [0.25, 0.3) is 5.91 Å². The Morgan fingerprint density at radius 3 is 2.22 bits per heavy atom. The zero-order valence-electron chi connectivity index (χ0n) is 20.5. The quantitative estimate of drug-likeness (QED) is 0.227. The summed E-state index contributed by atoms with van der Waals surface area (Å²) in [6.45, 7) is 6.49. The fraction of sp³-hybridized carbons (Fsp3) is 0.269. The van der Waals surface area contributed by atoms with Crippen LogP contribution in [0.4, 0.5) is 16.2 Å². The summed E-state index contributed by atoms with van der Waals surface area (Å²) in [4.78, 5) is 48.0. The van der Waals surface area contributed by atoms with Gasteiger partial charge in [-0.3, -0.25) is 19.5 Å². The predicted molar refractivity (Wildman–Crippen MR) is 144 cm³/mol. The molecule has 1 atom stereocenters. The first kappa shape index (κ1) is 27.3. The third kappa shape index (κ3) is 8.16. The van der Waals surface area contributed by atoms with Gasteiger partial charge >= 0.3 is 6.09 Å². The molecule has 0 saturated heterocycles. The van der Waals surface area contributed by atoms with Crippen LogP contribution in [0.25, 0.3) is 10.4 Å². The molecule has 3 N–H and O–H groups in total. The third-order valence-corrected chi connectivity index (χ3v) is 6.90. The van der Waals surface area contributed by atoms with E-state index in [4.69, 9.17) is 4.74 Å². The number of ketones is 1. The highest BCUT2D eigenvalue weighted by Gasteiger charge is 2.19. The molecule has 0 spiro atoms. The van der Waals surface area contributed by atoms with Crippen molar-refractivity contribution in [2.45, 2.75) is 32.8 Å². The number of benzene rings is 2. The normalized spacial score (nSPS) is 12.9. The molecule has 0 bridgehead atoms. The monoisotopic (exact) mass is 528 g/mol. The summed E-state index contributed by atoms with van der Waals surface area (Å²) in [5.41, 5.74) is 1.60. The Hall–Kier alpha value is -3.26. The molecule has 0 saturated carbocycles. The molecule has 10 heteroatoms. The van der Waals surface area contributed by atoms with Crippen molar-refractivity contribution in [2.24, 2.45) is 0 Å². The van der Waals surface area contributed by atoms with Gasteiger partial charge in [0.05, 0.1) is 11.4 Å². The first-order chi connectivity index (χ1) is 16.8. The van der Waals surface area contributed by atoms with Gasteiger partial charge in [-0.05, 0) is 62.0 Å². The van der Waals surface area contributed by atoms with Crippen molar-refractivity contribution in [3.63, 3.8) is 0 Å². The van der Waals surface area contributed by atoms with Crippen molar-refractivity contribution in [3.8, 4) is 10.4 Å². The average Bonchev–Trinajstić information content (AvgIpc) is 3.32. The molecule has 2 amide bonds. The van der Waals surface area contributed by atoms with E-state index in [1.165, 1.54) is 30.9 Å². The van der Waals surface area contributed by atoms with Gasteiger partial charge < -0.3 is 14.9 Å². The summed E-state index contributed by atoms with van der Waals surface area (Å²) in [7, 11) is -3.28. The Kier molecular flexibility index (Phi) is 8.51. The van der Waals surface area contributed by atoms with Gasteiger partial charge in [-0.2, -0.15) is 0 Å². The highest BCUT2D eigenvalue weighted by Crippen LogP contribution is 2.36. The smallest absolute Gasteiger partial charge is 0.412 e. The second kappa shape index (κ2) is 11.2. The Balaban J connectivity index is 1.80. The Labute approximate surface area is 214 Å². The van der Waals surface area contributed by atoms with Crippen LogP contribution in [0.15, 0.2) is 60.0 Å². The van der Waals surface area contributed by atoms with Crippen molar-refractivity contribution >= 4 is 47.9 Å². The number of anilines is 2. The van der Waals surface area contributed by atoms with Crippen LogP contribution < -0.4 is 10.6 Å². The van der Waals surface area contributed by atoms with Gasteiger partial charge in [0.2, 0.25) is 0 Å². The number of carbonyl (C=O) groups excluding carboxylic acids is 3. The van der Waals surface area contributed by atoms with Crippen LogP contribution in [0, 0.1) is 0 Å². The molecular formula is C26H29N2O6PS. The lowest BCUT2D eigenvalue weighted by Crippen LogP contribution is -2.27. The molecule has 0 aliphatic heterocycles. The van der Waals surface area contributed by atoms with Gasteiger partial charge in [0, 0.05) is 35.3 Å². The zero-order valence-corrected chi connectivity index (χ0v) is 22.2. The molecule has 0 aliphatic rings. The van der Waals surface area contributed by atoms with Gasteiger partial charge in [0.1, 0.15) is 5.60 Å². The minimum absolute atomic E-state index is 0.0506. The second-order valence-corrected chi connectivity index (χ2v) is 12.8. The van der Waals surface area contributed by atoms with Crippen LogP contribution in [0.3, 0.4) is 0 Å². The van der Waals surface area contributed by atoms with Crippen LogP contribution in [-0.4, -0.2) is 41.1 Å². The number of carbonyl (C=O) groups is 3. The van der Waals surface area contributed by atoms with E-state index in [-0.39, 0.29) is 18.4 Å². The first-order valence-electron chi connectivity index (χ1n) is 11.2. The summed E-state index contributed by atoms with van der Waals surface area (Å²) < 4.78 is 16.8. The summed E-state index contributed by atoms with van der Waals surface area (Å²) in [6, 6.07) is 15.2. The Bertz CT molecular complexity index is 1290. The molecule has 190 valence electrons. The number of nitrogens with one attached hydrogen (secondary N) is 2. The van der Waals surface area contributed by atoms with Crippen molar-refractivity contribution in [2.75, 3.05) is 23.5 Å². The van der Waals surface area contributed by atoms with E-state index in [1.807, 2.05) is 23.6 Å². The van der Waals surface area contributed by atoms with Crippen LogP contribution in [0.2, 0.25) is 0 Å². The van der Waals surface area contributed by atoms with Crippen molar-refractivity contribution in [1.82, 2.24) is 0 Å². The molecule has 2 aromatic carbocycles. The SMILES string of the molecule is CC(C)(C)OC(=O)Nc1ccc(-c2cccs2)cc1NC(=O)c1ccc(C(=O)CCP(C)(=O)O)cc1. The van der Waals surface area contributed by atoms with E-state index < -0.39 is 25.0 Å². The minimum atomic E-state index is -3.28. The fourth-order valence-corrected chi connectivity index (χ4v) is 4.56. The first-order valence-corrected chi connectivity index (χ1v) is 14.4. The molecule has 8 nitrogen and oxygen atoms in total. The number of rotatable bonds is 8. The molecule has 3 aromatic rings. The zero-order chi connectivity index (χ0) is 26.5. The summed E-state index contributed by atoms with van der Waals surface area (Å²) in [5, 5.41) is 7.47. The van der Waals surface area contributed by atoms with Crippen molar-refractivity contribution in [3.05, 3.63) is 71.1 Å². The highest BCUT2D eigenvalue weighted by atomic mass is 32.1. The molecule has 36 heavy (non-hydrogen) atoms. The maximum absolute atomic E-state index is 13.0. The largest absolute Gasteiger partial charge is 0.444 e. The number of hydrogen-bond acceptors (Lipinski definition) is 6. The van der Waals surface area contributed by atoms with Crippen LogP contribution in [0.1, 0.15) is 47.9 Å².